The lowest BCUT2D eigenvalue weighted by atomic mass is 9.75. The summed E-state index contributed by atoms with van der Waals surface area (Å²) in [5, 5.41) is 0.804. The molecule has 4 atom stereocenters. The van der Waals surface area contributed by atoms with Crippen LogP contribution in [0.2, 0.25) is 0 Å². The number of hydrogen-bond donors (Lipinski definition) is 0. The van der Waals surface area contributed by atoms with Crippen molar-refractivity contribution in [1.29, 1.82) is 0 Å². The summed E-state index contributed by atoms with van der Waals surface area (Å²) >= 11 is 0. The summed E-state index contributed by atoms with van der Waals surface area (Å²) in [4.78, 5) is 0. The monoisotopic (exact) mass is 279 g/mol. The second kappa shape index (κ2) is 6.63. The van der Waals surface area contributed by atoms with Crippen LogP contribution in [-0.2, 0) is 9.09 Å². The van der Waals surface area contributed by atoms with Crippen molar-refractivity contribution >= 4 is 13.3 Å². The molecule has 1 fully saturated rings. The Morgan fingerprint density at radius 2 is 1.89 bits per heavy atom. The van der Waals surface area contributed by atoms with Gasteiger partial charge < -0.3 is 0 Å². The fourth-order valence-corrected chi connectivity index (χ4v) is 4.00. The molecule has 0 N–H and O–H groups in total. The predicted molar refractivity (Wildman–Crippen MR) is 79.9 cm³/mol. The third kappa shape index (κ3) is 3.87. The summed E-state index contributed by atoms with van der Waals surface area (Å²) in [6.07, 6.45) is 3.65. The normalized spacial score (nSPS) is 28.4. The lowest BCUT2D eigenvalue weighted by Gasteiger charge is -2.33. The van der Waals surface area contributed by atoms with Crippen LogP contribution in [0.1, 0.15) is 40.0 Å². The van der Waals surface area contributed by atoms with Crippen LogP contribution in [0.4, 0.5) is 0 Å². The summed E-state index contributed by atoms with van der Waals surface area (Å²) in [5.41, 5.74) is 0. The molecule has 0 aliphatic heterocycles. The quantitative estimate of drug-likeness (QED) is 0.757. The van der Waals surface area contributed by atoms with E-state index in [1.807, 2.05) is 30.3 Å². The molecule has 0 aromatic heterocycles. The first-order valence-corrected chi connectivity index (χ1v) is 8.44. The fourth-order valence-electron chi connectivity index (χ4n) is 2.97. The van der Waals surface area contributed by atoms with Gasteiger partial charge in [-0.15, -0.1) is 4.52 Å². The third-order valence-corrected chi connectivity index (χ3v) is 5.34. The van der Waals surface area contributed by atoms with Crippen LogP contribution in [-0.4, -0.2) is 6.10 Å². The molecule has 0 amide bonds. The standard InChI is InChI=1S/C16H24O2P/c1-12(2)15-10-9-13(3)11-16(15)18-19(17)14-7-5-4-6-8-14/h4-8,12-13,15-16H,9-11H2,1-3H3/q+1/t13-,15?,16?/m1/s1. The van der Waals surface area contributed by atoms with Gasteiger partial charge in [-0.3, -0.25) is 0 Å². The first-order valence-electron chi connectivity index (χ1n) is 7.27. The van der Waals surface area contributed by atoms with E-state index in [1.54, 1.807) is 0 Å². The van der Waals surface area contributed by atoms with Crippen molar-refractivity contribution in [2.45, 2.75) is 46.1 Å². The lowest BCUT2D eigenvalue weighted by molar-refractivity contribution is 0.0538. The zero-order valence-corrected chi connectivity index (χ0v) is 13.0. The van der Waals surface area contributed by atoms with Gasteiger partial charge in [0.2, 0.25) is 5.30 Å². The number of rotatable bonds is 4. The van der Waals surface area contributed by atoms with Crippen molar-refractivity contribution in [3.05, 3.63) is 30.3 Å². The minimum absolute atomic E-state index is 0.146. The van der Waals surface area contributed by atoms with Gasteiger partial charge in [0.25, 0.3) is 0 Å². The fraction of sp³-hybridized carbons (Fsp3) is 0.625. The van der Waals surface area contributed by atoms with Crippen molar-refractivity contribution in [2.24, 2.45) is 17.8 Å². The molecule has 1 aliphatic rings. The van der Waals surface area contributed by atoms with Gasteiger partial charge in [-0.2, -0.15) is 0 Å². The molecule has 1 aromatic carbocycles. The van der Waals surface area contributed by atoms with Crippen LogP contribution in [0.3, 0.4) is 0 Å². The Hall–Kier alpha value is -0.720. The topological polar surface area (TPSA) is 26.3 Å². The molecule has 0 bridgehead atoms. The van der Waals surface area contributed by atoms with E-state index >= 15 is 0 Å². The highest BCUT2D eigenvalue weighted by molar-refractivity contribution is 7.48. The molecular formula is C16H24O2P+. The number of hydrogen-bond acceptors (Lipinski definition) is 2. The first-order chi connectivity index (χ1) is 9.08. The van der Waals surface area contributed by atoms with E-state index in [-0.39, 0.29) is 6.10 Å². The summed E-state index contributed by atoms with van der Waals surface area (Å²) in [6.45, 7) is 6.75. The molecule has 104 valence electrons. The zero-order valence-electron chi connectivity index (χ0n) is 12.1. The summed E-state index contributed by atoms with van der Waals surface area (Å²) in [7, 11) is -1.72. The van der Waals surface area contributed by atoms with Crippen LogP contribution in [0, 0.1) is 17.8 Å². The molecule has 0 radical (unpaired) electrons. The molecule has 2 nitrogen and oxygen atoms in total. The van der Waals surface area contributed by atoms with Gasteiger partial charge in [0, 0.05) is 0 Å². The Kier molecular flexibility index (Phi) is 5.13. The smallest absolute Gasteiger partial charge is 0.138 e. The van der Waals surface area contributed by atoms with Gasteiger partial charge in [-0.25, -0.2) is 0 Å². The lowest BCUT2D eigenvalue weighted by Crippen LogP contribution is -2.33. The highest BCUT2D eigenvalue weighted by Gasteiger charge is 2.38. The molecule has 1 aromatic rings. The summed E-state index contributed by atoms with van der Waals surface area (Å²) < 4.78 is 18.2. The first kappa shape index (κ1) is 14.7. The van der Waals surface area contributed by atoms with Crippen molar-refractivity contribution < 1.29 is 9.09 Å². The third-order valence-electron chi connectivity index (χ3n) is 4.16. The summed E-state index contributed by atoms with van der Waals surface area (Å²) in [5.74, 6) is 1.81. The second-order valence-electron chi connectivity index (χ2n) is 6.06. The van der Waals surface area contributed by atoms with Gasteiger partial charge in [-0.05, 0) is 47.3 Å². The van der Waals surface area contributed by atoms with E-state index in [9.17, 15) is 4.57 Å². The Balaban J connectivity index is 2.04. The van der Waals surface area contributed by atoms with Gasteiger partial charge in [0.1, 0.15) is 6.10 Å². The molecule has 1 saturated carbocycles. The van der Waals surface area contributed by atoms with E-state index in [1.165, 1.54) is 12.8 Å². The Labute approximate surface area is 117 Å². The molecule has 1 aliphatic carbocycles. The molecule has 0 heterocycles. The van der Waals surface area contributed by atoms with Gasteiger partial charge >= 0.3 is 8.03 Å². The average Bonchev–Trinajstić information content (AvgIpc) is 2.39. The Morgan fingerprint density at radius 1 is 1.21 bits per heavy atom. The minimum Gasteiger partial charge on any atom is -0.138 e. The van der Waals surface area contributed by atoms with Gasteiger partial charge in [-0.1, -0.05) is 45.4 Å². The predicted octanol–water partition coefficient (Wildman–Crippen LogP) is 4.53. The van der Waals surface area contributed by atoms with Crippen LogP contribution in [0.5, 0.6) is 0 Å². The molecule has 3 heteroatoms. The minimum atomic E-state index is -1.72. The van der Waals surface area contributed by atoms with Crippen LogP contribution in [0.25, 0.3) is 0 Å². The van der Waals surface area contributed by atoms with Crippen molar-refractivity contribution in [2.75, 3.05) is 0 Å². The van der Waals surface area contributed by atoms with Crippen LogP contribution < -0.4 is 5.30 Å². The number of benzene rings is 1. The van der Waals surface area contributed by atoms with E-state index in [2.05, 4.69) is 20.8 Å². The van der Waals surface area contributed by atoms with Gasteiger partial charge in [0.15, 0.2) is 0 Å². The molecule has 2 rings (SSSR count). The van der Waals surface area contributed by atoms with Crippen LogP contribution >= 0.6 is 8.03 Å². The van der Waals surface area contributed by atoms with Crippen molar-refractivity contribution in [3.8, 4) is 0 Å². The second-order valence-corrected chi connectivity index (χ2v) is 7.30. The maximum absolute atomic E-state index is 12.3. The van der Waals surface area contributed by atoms with E-state index < -0.39 is 8.03 Å². The highest BCUT2D eigenvalue weighted by Crippen LogP contribution is 2.39. The molecule has 0 saturated heterocycles. The Morgan fingerprint density at radius 3 is 2.53 bits per heavy atom. The molecule has 3 unspecified atom stereocenters. The molecular weight excluding hydrogens is 255 g/mol. The van der Waals surface area contributed by atoms with E-state index in [0.717, 1.165) is 11.7 Å². The van der Waals surface area contributed by atoms with Gasteiger partial charge in [0.05, 0.1) is 0 Å². The van der Waals surface area contributed by atoms with E-state index in [0.29, 0.717) is 17.8 Å². The average molecular weight is 279 g/mol. The SMILES string of the molecule is CC(C)C1CC[C@@H](C)CC1O[P+](=O)c1ccccc1. The van der Waals surface area contributed by atoms with Crippen LogP contribution in [0.15, 0.2) is 30.3 Å². The molecule has 19 heavy (non-hydrogen) atoms. The highest BCUT2D eigenvalue weighted by atomic mass is 31.1. The largest absolute Gasteiger partial charge is 0.548 e. The zero-order chi connectivity index (χ0) is 13.8. The Bertz CT molecular complexity index is 416. The summed E-state index contributed by atoms with van der Waals surface area (Å²) in [6, 6.07) is 9.53. The maximum atomic E-state index is 12.3. The molecule has 0 spiro atoms. The van der Waals surface area contributed by atoms with E-state index in [4.69, 9.17) is 4.52 Å². The maximum Gasteiger partial charge on any atom is 0.548 e. The van der Waals surface area contributed by atoms with Crippen molar-refractivity contribution in [1.82, 2.24) is 0 Å². The van der Waals surface area contributed by atoms with Crippen molar-refractivity contribution in [3.63, 3.8) is 0 Å².